The Morgan fingerprint density at radius 2 is 2.00 bits per heavy atom. The van der Waals surface area contributed by atoms with Gasteiger partial charge < -0.3 is 20.1 Å². The standard InChI is InChI=1S/C27H36N4O4S/c1-27(2,34)18-30-14-13-24(29-30)28-26(33)21(15-19-9-5-4-6-10-19)31-17-20(16-25(31)32)35-22-11-7-8-12-23(22)36-3/h7-8,11-14,16,19,21,34H,4-6,9-10,15,17-18H2,1-3H3,(H,28,29,33)/t21-/m0/s1. The largest absolute Gasteiger partial charge is 0.458 e. The smallest absolute Gasteiger partial charge is 0.251 e. The Balaban J connectivity index is 1.48. The molecule has 0 saturated heterocycles. The molecule has 8 nitrogen and oxygen atoms in total. The normalized spacial score (nSPS) is 17.7. The predicted molar refractivity (Wildman–Crippen MR) is 141 cm³/mol. The number of aliphatic hydroxyl groups is 1. The third kappa shape index (κ3) is 6.91. The van der Waals surface area contributed by atoms with Crippen molar-refractivity contribution in [1.29, 1.82) is 0 Å². The highest BCUT2D eigenvalue weighted by Gasteiger charge is 2.36. The van der Waals surface area contributed by atoms with Gasteiger partial charge in [0.1, 0.15) is 17.6 Å². The Morgan fingerprint density at radius 1 is 1.25 bits per heavy atom. The van der Waals surface area contributed by atoms with E-state index in [0.717, 1.165) is 30.6 Å². The maximum absolute atomic E-state index is 13.5. The number of anilines is 1. The Bertz CT molecular complexity index is 1100. The van der Waals surface area contributed by atoms with E-state index in [1.54, 1.807) is 47.5 Å². The fraction of sp³-hybridized carbons (Fsp3) is 0.519. The highest BCUT2D eigenvalue weighted by molar-refractivity contribution is 7.98. The van der Waals surface area contributed by atoms with Crippen LogP contribution in [0.2, 0.25) is 0 Å². The molecule has 2 amide bonds. The molecule has 2 N–H and O–H groups in total. The number of benzene rings is 1. The van der Waals surface area contributed by atoms with Crippen molar-refractivity contribution in [2.75, 3.05) is 18.1 Å². The van der Waals surface area contributed by atoms with E-state index in [9.17, 15) is 14.7 Å². The number of nitrogens with one attached hydrogen (secondary N) is 1. The second-order valence-corrected chi connectivity index (χ2v) is 11.1. The highest BCUT2D eigenvalue weighted by Crippen LogP contribution is 2.32. The molecule has 36 heavy (non-hydrogen) atoms. The molecule has 0 bridgehead atoms. The van der Waals surface area contributed by atoms with Gasteiger partial charge in [0.05, 0.1) is 18.7 Å². The van der Waals surface area contributed by atoms with E-state index in [-0.39, 0.29) is 18.4 Å². The molecule has 194 valence electrons. The van der Waals surface area contributed by atoms with Crippen LogP contribution >= 0.6 is 11.8 Å². The maximum Gasteiger partial charge on any atom is 0.251 e. The summed E-state index contributed by atoms with van der Waals surface area (Å²) in [7, 11) is 0. The lowest BCUT2D eigenvalue weighted by atomic mass is 9.84. The van der Waals surface area contributed by atoms with Crippen LogP contribution < -0.4 is 10.1 Å². The molecular weight excluding hydrogens is 476 g/mol. The number of carbonyl (C=O) groups is 2. The molecule has 1 aromatic carbocycles. The molecule has 9 heteroatoms. The first-order chi connectivity index (χ1) is 17.2. The molecule has 2 aromatic rings. The number of thioether (sulfide) groups is 1. The summed E-state index contributed by atoms with van der Waals surface area (Å²) in [6.45, 7) is 3.97. The van der Waals surface area contributed by atoms with Gasteiger partial charge in [-0.1, -0.05) is 44.2 Å². The van der Waals surface area contributed by atoms with Crippen molar-refractivity contribution in [3.63, 3.8) is 0 Å². The van der Waals surface area contributed by atoms with Crippen molar-refractivity contribution < 1.29 is 19.4 Å². The number of amides is 2. The van der Waals surface area contributed by atoms with E-state index in [0.29, 0.717) is 36.2 Å². The lowest BCUT2D eigenvalue weighted by Crippen LogP contribution is -2.46. The van der Waals surface area contributed by atoms with Gasteiger partial charge in [0.2, 0.25) is 5.91 Å². The first-order valence-corrected chi connectivity index (χ1v) is 13.8. The van der Waals surface area contributed by atoms with E-state index in [1.165, 1.54) is 12.5 Å². The van der Waals surface area contributed by atoms with Gasteiger partial charge in [0.25, 0.3) is 5.91 Å². The molecule has 1 fully saturated rings. The lowest BCUT2D eigenvalue weighted by Gasteiger charge is -2.31. The topological polar surface area (TPSA) is 96.7 Å². The van der Waals surface area contributed by atoms with Crippen molar-refractivity contribution in [2.24, 2.45) is 5.92 Å². The molecule has 2 aliphatic rings. The Kier molecular flexibility index (Phi) is 8.41. The summed E-state index contributed by atoms with van der Waals surface area (Å²) >= 11 is 1.58. The molecular formula is C27H36N4O4S. The average molecular weight is 513 g/mol. The minimum atomic E-state index is -0.921. The summed E-state index contributed by atoms with van der Waals surface area (Å²) in [5, 5.41) is 17.3. The molecule has 1 atom stereocenters. The van der Waals surface area contributed by atoms with Crippen molar-refractivity contribution in [3.8, 4) is 5.75 Å². The molecule has 0 spiro atoms. The van der Waals surface area contributed by atoms with Crippen LogP contribution in [0.5, 0.6) is 5.75 Å². The van der Waals surface area contributed by atoms with Crippen LogP contribution in [0.15, 0.2) is 53.3 Å². The monoisotopic (exact) mass is 512 g/mol. The van der Waals surface area contributed by atoms with Crippen LogP contribution in [0, 0.1) is 5.92 Å². The second-order valence-electron chi connectivity index (χ2n) is 10.3. The molecule has 2 heterocycles. The molecule has 1 aliphatic heterocycles. The van der Waals surface area contributed by atoms with Gasteiger partial charge in [-0.3, -0.25) is 14.3 Å². The summed E-state index contributed by atoms with van der Waals surface area (Å²) in [5.41, 5.74) is -0.921. The average Bonchev–Trinajstić information content (AvgIpc) is 3.42. The molecule has 1 aromatic heterocycles. The number of carbonyl (C=O) groups excluding carboxylic acids is 2. The van der Waals surface area contributed by atoms with E-state index in [2.05, 4.69) is 10.4 Å². The summed E-state index contributed by atoms with van der Waals surface area (Å²) in [6, 6.07) is 8.81. The third-order valence-corrected chi connectivity index (χ3v) is 7.38. The third-order valence-electron chi connectivity index (χ3n) is 6.60. The van der Waals surface area contributed by atoms with Crippen molar-refractivity contribution in [3.05, 3.63) is 48.4 Å². The van der Waals surface area contributed by atoms with Gasteiger partial charge in [-0.2, -0.15) is 5.10 Å². The van der Waals surface area contributed by atoms with Crippen molar-refractivity contribution in [1.82, 2.24) is 14.7 Å². The molecule has 0 radical (unpaired) electrons. The summed E-state index contributed by atoms with van der Waals surface area (Å²) in [6.07, 6.45) is 11.5. The van der Waals surface area contributed by atoms with Gasteiger partial charge in [-0.05, 0) is 44.6 Å². The zero-order chi connectivity index (χ0) is 25.7. The van der Waals surface area contributed by atoms with Crippen molar-refractivity contribution in [2.45, 2.75) is 75.5 Å². The van der Waals surface area contributed by atoms with Gasteiger partial charge in [0.15, 0.2) is 5.82 Å². The van der Waals surface area contributed by atoms with E-state index in [1.807, 2.05) is 30.5 Å². The highest BCUT2D eigenvalue weighted by atomic mass is 32.2. The number of hydrogen-bond acceptors (Lipinski definition) is 6. The van der Waals surface area contributed by atoms with Gasteiger partial charge in [-0.25, -0.2) is 0 Å². The minimum Gasteiger partial charge on any atom is -0.458 e. The fourth-order valence-electron chi connectivity index (χ4n) is 4.92. The molecule has 4 rings (SSSR count). The number of hydrogen-bond donors (Lipinski definition) is 2. The Labute approximate surface area is 217 Å². The van der Waals surface area contributed by atoms with Crippen LogP contribution in [-0.4, -0.2) is 56.0 Å². The van der Waals surface area contributed by atoms with Gasteiger partial charge >= 0.3 is 0 Å². The number of para-hydroxylation sites is 1. The quantitative estimate of drug-likeness (QED) is 0.457. The summed E-state index contributed by atoms with van der Waals surface area (Å²) in [5.74, 6) is 1.59. The predicted octanol–water partition coefficient (Wildman–Crippen LogP) is 4.46. The Morgan fingerprint density at radius 3 is 2.72 bits per heavy atom. The number of ether oxygens (including phenoxy) is 1. The van der Waals surface area contributed by atoms with Crippen LogP contribution in [0.4, 0.5) is 5.82 Å². The summed E-state index contributed by atoms with van der Waals surface area (Å²) in [4.78, 5) is 29.2. The first-order valence-electron chi connectivity index (χ1n) is 12.6. The van der Waals surface area contributed by atoms with Gasteiger partial charge in [0, 0.05) is 23.2 Å². The number of aromatic nitrogens is 2. The number of rotatable bonds is 10. The second kappa shape index (κ2) is 11.5. The van der Waals surface area contributed by atoms with E-state index >= 15 is 0 Å². The first kappa shape index (κ1) is 26.3. The van der Waals surface area contributed by atoms with Crippen LogP contribution in [0.3, 0.4) is 0 Å². The van der Waals surface area contributed by atoms with E-state index in [4.69, 9.17) is 4.74 Å². The summed E-state index contributed by atoms with van der Waals surface area (Å²) < 4.78 is 7.69. The van der Waals surface area contributed by atoms with E-state index < -0.39 is 11.6 Å². The zero-order valence-corrected chi connectivity index (χ0v) is 22.1. The Hall–Kier alpha value is -2.78. The van der Waals surface area contributed by atoms with Crippen LogP contribution in [-0.2, 0) is 16.1 Å². The minimum absolute atomic E-state index is 0.213. The zero-order valence-electron chi connectivity index (χ0n) is 21.3. The van der Waals surface area contributed by atoms with Crippen LogP contribution in [0.25, 0.3) is 0 Å². The molecule has 1 saturated carbocycles. The van der Waals surface area contributed by atoms with Crippen molar-refractivity contribution >= 4 is 29.4 Å². The number of nitrogens with zero attached hydrogens (tertiary/aromatic N) is 3. The molecule has 0 unspecified atom stereocenters. The van der Waals surface area contributed by atoms with Crippen LogP contribution in [0.1, 0.15) is 52.4 Å². The van der Waals surface area contributed by atoms with Gasteiger partial charge in [-0.15, -0.1) is 11.8 Å². The molecule has 1 aliphatic carbocycles. The fourth-order valence-corrected chi connectivity index (χ4v) is 5.44. The maximum atomic E-state index is 13.5. The SMILES string of the molecule is CSc1ccccc1OC1=CC(=O)N([C@@H](CC2CCCCC2)C(=O)Nc2ccn(CC(C)(C)O)n2)C1. The lowest BCUT2D eigenvalue weighted by molar-refractivity contribution is -0.134.